The molecule has 2 rings (SSSR count). The molecule has 0 saturated carbocycles. The van der Waals surface area contributed by atoms with E-state index in [0.29, 0.717) is 12.1 Å². The lowest BCUT2D eigenvalue weighted by Crippen LogP contribution is -2.56. The van der Waals surface area contributed by atoms with Crippen molar-refractivity contribution in [2.24, 2.45) is 0 Å². The van der Waals surface area contributed by atoms with E-state index in [9.17, 15) is 0 Å². The van der Waals surface area contributed by atoms with Crippen molar-refractivity contribution in [3.8, 4) is 0 Å². The molecule has 1 heterocycles. The number of likely N-dealkylation sites (N-methyl/N-ethyl adjacent to an activating group) is 1. The van der Waals surface area contributed by atoms with Crippen LogP contribution in [0.1, 0.15) is 18.9 Å². The van der Waals surface area contributed by atoms with Crippen molar-refractivity contribution >= 4 is 5.69 Å². The van der Waals surface area contributed by atoms with E-state index in [2.05, 4.69) is 60.3 Å². The van der Waals surface area contributed by atoms with Crippen LogP contribution in [0.15, 0.2) is 24.3 Å². The number of rotatable bonds is 4. The molecule has 1 aromatic rings. The first-order valence-electron chi connectivity index (χ1n) is 7.30. The van der Waals surface area contributed by atoms with E-state index < -0.39 is 0 Å². The zero-order chi connectivity index (χ0) is 13.8. The third-order valence-electron chi connectivity index (χ3n) is 4.25. The molecule has 1 N–H and O–H groups in total. The fraction of sp³-hybridized carbons (Fsp3) is 0.625. The second-order valence-electron chi connectivity index (χ2n) is 5.82. The normalized spacial score (nSPS) is 24.7. The molecule has 1 saturated heterocycles. The summed E-state index contributed by atoms with van der Waals surface area (Å²) in [6.07, 6.45) is 1.20. The summed E-state index contributed by atoms with van der Waals surface area (Å²) in [6.45, 7) is 7.81. The van der Waals surface area contributed by atoms with Crippen LogP contribution in [-0.2, 0) is 0 Å². The minimum atomic E-state index is 0.608. The molecule has 1 aliphatic heterocycles. The number of hydrogen-bond donors (Lipinski definition) is 1. The topological polar surface area (TPSA) is 18.5 Å². The third kappa shape index (κ3) is 3.48. The Labute approximate surface area is 117 Å². The summed E-state index contributed by atoms with van der Waals surface area (Å²) in [5, 5.41) is 3.28. The molecular formula is C16H27N3. The standard InChI is InChI=1S/C16H27N3/c1-13-5-7-15(8-6-13)19-11-14(2)18(4)12-16(19)9-10-17-3/h5-8,14,16-17H,9-12H2,1-4H3. The Morgan fingerprint density at radius 3 is 2.53 bits per heavy atom. The van der Waals surface area contributed by atoms with Crippen molar-refractivity contribution < 1.29 is 0 Å². The number of nitrogens with one attached hydrogen (secondary N) is 1. The molecule has 3 nitrogen and oxygen atoms in total. The highest BCUT2D eigenvalue weighted by atomic mass is 15.3. The number of nitrogens with zero attached hydrogens (tertiary/aromatic N) is 2. The van der Waals surface area contributed by atoms with E-state index in [4.69, 9.17) is 0 Å². The summed E-state index contributed by atoms with van der Waals surface area (Å²) in [7, 11) is 4.27. The second-order valence-corrected chi connectivity index (χ2v) is 5.82. The van der Waals surface area contributed by atoms with Gasteiger partial charge in [0, 0.05) is 30.9 Å². The Hall–Kier alpha value is -1.06. The van der Waals surface area contributed by atoms with Gasteiger partial charge in [-0.05, 0) is 53.0 Å². The number of piperazine rings is 1. The molecule has 1 fully saturated rings. The first kappa shape index (κ1) is 14.4. The van der Waals surface area contributed by atoms with Crippen LogP contribution in [-0.4, -0.2) is 50.7 Å². The lowest BCUT2D eigenvalue weighted by molar-refractivity contribution is 0.195. The zero-order valence-electron chi connectivity index (χ0n) is 12.7. The molecule has 0 radical (unpaired) electrons. The molecule has 1 aliphatic rings. The average molecular weight is 261 g/mol. The van der Waals surface area contributed by atoms with Gasteiger partial charge < -0.3 is 10.2 Å². The summed E-state index contributed by atoms with van der Waals surface area (Å²) in [5.41, 5.74) is 2.70. The van der Waals surface area contributed by atoms with Crippen LogP contribution in [0.5, 0.6) is 0 Å². The van der Waals surface area contributed by atoms with E-state index in [1.54, 1.807) is 0 Å². The SMILES string of the molecule is CNCCC1CN(C)C(C)CN1c1ccc(C)cc1. The summed E-state index contributed by atoms with van der Waals surface area (Å²) in [4.78, 5) is 5.06. The maximum atomic E-state index is 3.28. The summed E-state index contributed by atoms with van der Waals surface area (Å²) < 4.78 is 0. The van der Waals surface area contributed by atoms with Crippen molar-refractivity contribution in [1.29, 1.82) is 0 Å². The minimum absolute atomic E-state index is 0.608. The fourth-order valence-electron chi connectivity index (χ4n) is 2.79. The molecule has 1 aromatic carbocycles. The maximum absolute atomic E-state index is 3.28. The molecule has 0 bridgehead atoms. The fourth-order valence-corrected chi connectivity index (χ4v) is 2.79. The highest BCUT2D eigenvalue weighted by molar-refractivity contribution is 5.49. The number of hydrogen-bond acceptors (Lipinski definition) is 3. The lowest BCUT2D eigenvalue weighted by atomic mass is 10.0. The van der Waals surface area contributed by atoms with E-state index in [1.807, 2.05) is 7.05 Å². The highest BCUT2D eigenvalue weighted by Crippen LogP contribution is 2.24. The number of benzene rings is 1. The average Bonchev–Trinajstić information content (AvgIpc) is 2.41. The van der Waals surface area contributed by atoms with Gasteiger partial charge in [-0.1, -0.05) is 17.7 Å². The van der Waals surface area contributed by atoms with E-state index in [1.165, 1.54) is 17.7 Å². The highest BCUT2D eigenvalue weighted by Gasteiger charge is 2.29. The lowest BCUT2D eigenvalue weighted by Gasteiger charge is -2.45. The minimum Gasteiger partial charge on any atom is -0.366 e. The van der Waals surface area contributed by atoms with Crippen LogP contribution in [0, 0.1) is 6.92 Å². The van der Waals surface area contributed by atoms with Crippen molar-refractivity contribution in [2.75, 3.05) is 38.6 Å². The predicted octanol–water partition coefficient (Wildman–Crippen LogP) is 2.11. The monoisotopic (exact) mass is 261 g/mol. The van der Waals surface area contributed by atoms with Gasteiger partial charge in [-0.2, -0.15) is 0 Å². The van der Waals surface area contributed by atoms with Crippen LogP contribution < -0.4 is 10.2 Å². The smallest absolute Gasteiger partial charge is 0.0429 e. The largest absolute Gasteiger partial charge is 0.366 e. The van der Waals surface area contributed by atoms with Gasteiger partial charge in [0.25, 0.3) is 0 Å². The van der Waals surface area contributed by atoms with Crippen molar-refractivity contribution in [3.63, 3.8) is 0 Å². The van der Waals surface area contributed by atoms with Gasteiger partial charge in [0.1, 0.15) is 0 Å². The van der Waals surface area contributed by atoms with Crippen LogP contribution in [0.2, 0.25) is 0 Å². The van der Waals surface area contributed by atoms with Gasteiger partial charge in [0.15, 0.2) is 0 Å². The summed E-state index contributed by atoms with van der Waals surface area (Å²) in [6, 6.07) is 10.2. The van der Waals surface area contributed by atoms with Crippen LogP contribution >= 0.6 is 0 Å². The molecule has 0 aromatic heterocycles. The Kier molecular flexibility index (Phi) is 4.83. The Morgan fingerprint density at radius 2 is 1.89 bits per heavy atom. The van der Waals surface area contributed by atoms with E-state index in [0.717, 1.165) is 19.6 Å². The van der Waals surface area contributed by atoms with Gasteiger partial charge in [-0.25, -0.2) is 0 Å². The van der Waals surface area contributed by atoms with Gasteiger partial charge in [0.2, 0.25) is 0 Å². The molecule has 2 unspecified atom stereocenters. The predicted molar refractivity (Wildman–Crippen MR) is 82.9 cm³/mol. The van der Waals surface area contributed by atoms with Gasteiger partial charge in [0.05, 0.1) is 0 Å². The summed E-state index contributed by atoms with van der Waals surface area (Å²) >= 11 is 0. The van der Waals surface area contributed by atoms with E-state index in [-0.39, 0.29) is 0 Å². The molecule has 0 amide bonds. The molecule has 19 heavy (non-hydrogen) atoms. The van der Waals surface area contributed by atoms with Crippen LogP contribution in [0.4, 0.5) is 5.69 Å². The molecule has 0 aliphatic carbocycles. The van der Waals surface area contributed by atoms with Gasteiger partial charge >= 0.3 is 0 Å². The number of anilines is 1. The molecule has 106 valence electrons. The number of aryl methyl sites for hydroxylation is 1. The first-order chi connectivity index (χ1) is 9.11. The third-order valence-corrected chi connectivity index (χ3v) is 4.25. The van der Waals surface area contributed by atoms with Gasteiger partial charge in [-0.15, -0.1) is 0 Å². The van der Waals surface area contributed by atoms with Crippen LogP contribution in [0.3, 0.4) is 0 Å². The van der Waals surface area contributed by atoms with Gasteiger partial charge in [-0.3, -0.25) is 4.90 Å². The van der Waals surface area contributed by atoms with E-state index >= 15 is 0 Å². The molecule has 2 atom stereocenters. The molecule has 0 spiro atoms. The maximum Gasteiger partial charge on any atom is 0.0429 e. The first-order valence-corrected chi connectivity index (χ1v) is 7.30. The van der Waals surface area contributed by atoms with Crippen molar-refractivity contribution in [1.82, 2.24) is 10.2 Å². The molecular weight excluding hydrogens is 234 g/mol. The van der Waals surface area contributed by atoms with Crippen molar-refractivity contribution in [3.05, 3.63) is 29.8 Å². The quantitative estimate of drug-likeness (QED) is 0.895. The Morgan fingerprint density at radius 1 is 1.21 bits per heavy atom. The Balaban J connectivity index is 2.15. The van der Waals surface area contributed by atoms with Crippen LogP contribution in [0.25, 0.3) is 0 Å². The Bertz CT molecular complexity index is 387. The molecule has 3 heteroatoms. The summed E-state index contributed by atoms with van der Waals surface area (Å²) in [5.74, 6) is 0. The second kappa shape index (κ2) is 6.40. The zero-order valence-corrected chi connectivity index (χ0v) is 12.7. The van der Waals surface area contributed by atoms with Crippen molar-refractivity contribution in [2.45, 2.75) is 32.4 Å².